The van der Waals surface area contributed by atoms with Crippen molar-refractivity contribution in [2.24, 2.45) is 5.92 Å². The van der Waals surface area contributed by atoms with Crippen molar-refractivity contribution in [1.29, 1.82) is 0 Å². The first-order chi connectivity index (χ1) is 5.73. The highest BCUT2D eigenvalue weighted by Gasteiger charge is 2.44. The number of hydrogen-bond acceptors (Lipinski definition) is 2. The van der Waals surface area contributed by atoms with E-state index in [0.717, 1.165) is 19.3 Å². The Labute approximate surface area is 72.9 Å². The first-order valence-corrected chi connectivity index (χ1v) is 4.80. The van der Waals surface area contributed by atoms with Crippen LogP contribution < -0.4 is 0 Å². The second-order valence-electron chi connectivity index (χ2n) is 4.02. The van der Waals surface area contributed by atoms with E-state index in [1.807, 2.05) is 6.08 Å². The minimum Gasteiger partial charge on any atom is -0.390 e. The molecule has 2 aliphatic rings. The van der Waals surface area contributed by atoms with Crippen molar-refractivity contribution < 1.29 is 10.2 Å². The second kappa shape index (κ2) is 2.86. The zero-order chi connectivity index (χ0) is 8.60. The van der Waals surface area contributed by atoms with Crippen LogP contribution in [0.4, 0.5) is 0 Å². The lowest BCUT2D eigenvalue weighted by atomic mass is 9.69. The van der Waals surface area contributed by atoms with Crippen LogP contribution in [-0.4, -0.2) is 21.9 Å². The fourth-order valence-electron chi connectivity index (χ4n) is 2.46. The molecular formula is C10H16O2. The van der Waals surface area contributed by atoms with E-state index in [0.29, 0.717) is 6.42 Å². The van der Waals surface area contributed by atoms with Crippen molar-refractivity contribution >= 4 is 0 Å². The molecule has 0 aliphatic heterocycles. The Bertz CT molecular complexity index is 200. The van der Waals surface area contributed by atoms with Gasteiger partial charge in [0, 0.05) is 5.92 Å². The number of rotatable bonds is 0. The van der Waals surface area contributed by atoms with Crippen molar-refractivity contribution in [3.8, 4) is 0 Å². The van der Waals surface area contributed by atoms with E-state index in [1.54, 1.807) is 0 Å². The highest BCUT2D eigenvalue weighted by Crippen LogP contribution is 2.40. The molecule has 2 rings (SSSR count). The van der Waals surface area contributed by atoms with E-state index < -0.39 is 11.7 Å². The summed E-state index contributed by atoms with van der Waals surface area (Å²) in [7, 11) is 0. The summed E-state index contributed by atoms with van der Waals surface area (Å²) >= 11 is 0. The molecule has 1 fully saturated rings. The number of hydrogen-bond donors (Lipinski definition) is 2. The van der Waals surface area contributed by atoms with Gasteiger partial charge in [0.05, 0.1) is 11.7 Å². The standard InChI is InChI=1S/C10H16O2/c11-9-6-3-5-8-4-1-2-7-10(8,9)12/h3,5,8-9,11-12H,1-2,4,6-7H2. The molecule has 0 saturated heterocycles. The maximum atomic E-state index is 10.2. The van der Waals surface area contributed by atoms with Crippen LogP contribution in [0.5, 0.6) is 0 Å². The topological polar surface area (TPSA) is 40.5 Å². The number of aliphatic hydroxyl groups excluding tert-OH is 1. The maximum Gasteiger partial charge on any atom is 0.0970 e. The minimum atomic E-state index is -0.799. The Hall–Kier alpha value is -0.340. The summed E-state index contributed by atoms with van der Waals surface area (Å²) in [5.41, 5.74) is -0.799. The predicted molar refractivity (Wildman–Crippen MR) is 46.7 cm³/mol. The average Bonchev–Trinajstić information content (AvgIpc) is 2.07. The third-order valence-corrected chi connectivity index (χ3v) is 3.29. The Balaban J connectivity index is 2.23. The van der Waals surface area contributed by atoms with Crippen LogP contribution in [-0.2, 0) is 0 Å². The normalized spacial score (nSPS) is 47.2. The van der Waals surface area contributed by atoms with E-state index >= 15 is 0 Å². The molecule has 0 radical (unpaired) electrons. The Kier molecular flexibility index (Phi) is 1.97. The molecular weight excluding hydrogens is 152 g/mol. The van der Waals surface area contributed by atoms with Gasteiger partial charge in [-0.15, -0.1) is 0 Å². The van der Waals surface area contributed by atoms with Crippen LogP contribution in [0.3, 0.4) is 0 Å². The summed E-state index contributed by atoms with van der Waals surface area (Å²) in [6.45, 7) is 0. The van der Waals surface area contributed by atoms with Gasteiger partial charge in [-0.1, -0.05) is 25.0 Å². The lowest BCUT2D eigenvalue weighted by Crippen LogP contribution is -2.51. The molecule has 0 aromatic rings. The first-order valence-electron chi connectivity index (χ1n) is 4.80. The fourth-order valence-corrected chi connectivity index (χ4v) is 2.46. The molecule has 12 heavy (non-hydrogen) atoms. The van der Waals surface area contributed by atoms with Gasteiger partial charge in [0.2, 0.25) is 0 Å². The summed E-state index contributed by atoms with van der Waals surface area (Å²) in [5, 5.41) is 19.8. The van der Waals surface area contributed by atoms with Crippen molar-refractivity contribution in [2.75, 3.05) is 0 Å². The summed E-state index contributed by atoms with van der Waals surface area (Å²) < 4.78 is 0. The maximum absolute atomic E-state index is 10.2. The van der Waals surface area contributed by atoms with Crippen molar-refractivity contribution in [1.82, 2.24) is 0 Å². The van der Waals surface area contributed by atoms with Gasteiger partial charge in [-0.25, -0.2) is 0 Å². The van der Waals surface area contributed by atoms with Gasteiger partial charge in [0.25, 0.3) is 0 Å². The largest absolute Gasteiger partial charge is 0.390 e. The summed E-state index contributed by atoms with van der Waals surface area (Å²) in [5.74, 6) is 0.204. The molecule has 2 N–H and O–H groups in total. The zero-order valence-corrected chi connectivity index (χ0v) is 7.24. The van der Waals surface area contributed by atoms with E-state index in [9.17, 15) is 10.2 Å². The van der Waals surface area contributed by atoms with Gasteiger partial charge < -0.3 is 10.2 Å². The summed E-state index contributed by atoms with van der Waals surface area (Å²) in [6.07, 6.45) is 8.19. The Morgan fingerprint density at radius 2 is 2.17 bits per heavy atom. The van der Waals surface area contributed by atoms with Crippen LogP contribution >= 0.6 is 0 Å². The monoisotopic (exact) mass is 168 g/mol. The van der Waals surface area contributed by atoms with Gasteiger partial charge >= 0.3 is 0 Å². The Morgan fingerprint density at radius 3 is 2.92 bits per heavy atom. The van der Waals surface area contributed by atoms with Gasteiger partial charge in [-0.3, -0.25) is 0 Å². The first kappa shape index (κ1) is 8.27. The van der Waals surface area contributed by atoms with E-state index in [2.05, 4.69) is 6.08 Å². The smallest absolute Gasteiger partial charge is 0.0970 e. The molecule has 68 valence electrons. The van der Waals surface area contributed by atoms with Crippen molar-refractivity contribution in [3.05, 3.63) is 12.2 Å². The highest BCUT2D eigenvalue weighted by atomic mass is 16.3. The van der Waals surface area contributed by atoms with E-state index in [-0.39, 0.29) is 5.92 Å². The molecule has 0 aromatic heterocycles. The average molecular weight is 168 g/mol. The van der Waals surface area contributed by atoms with Crippen LogP contribution in [0.1, 0.15) is 32.1 Å². The zero-order valence-electron chi connectivity index (χ0n) is 7.24. The quantitative estimate of drug-likeness (QED) is 0.534. The number of fused-ring (bicyclic) bond motifs is 1. The lowest BCUT2D eigenvalue weighted by molar-refractivity contribution is -0.124. The van der Waals surface area contributed by atoms with Crippen LogP contribution in [0, 0.1) is 5.92 Å². The summed E-state index contributed by atoms with van der Waals surface area (Å²) in [4.78, 5) is 0. The molecule has 0 spiro atoms. The van der Waals surface area contributed by atoms with E-state index in [4.69, 9.17) is 0 Å². The molecule has 3 atom stereocenters. The summed E-state index contributed by atoms with van der Waals surface area (Å²) in [6, 6.07) is 0. The molecule has 2 nitrogen and oxygen atoms in total. The SMILES string of the molecule is OC1CC=CC2CCCCC12O. The van der Waals surface area contributed by atoms with Crippen LogP contribution in [0.15, 0.2) is 12.2 Å². The molecule has 0 bridgehead atoms. The van der Waals surface area contributed by atoms with Crippen LogP contribution in [0.2, 0.25) is 0 Å². The molecule has 2 heteroatoms. The van der Waals surface area contributed by atoms with E-state index in [1.165, 1.54) is 6.42 Å². The van der Waals surface area contributed by atoms with Crippen molar-refractivity contribution in [2.45, 2.75) is 43.8 Å². The van der Waals surface area contributed by atoms with Gasteiger partial charge in [-0.05, 0) is 19.3 Å². The molecule has 0 amide bonds. The lowest BCUT2D eigenvalue weighted by Gasteiger charge is -2.44. The van der Waals surface area contributed by atoms with Crippen LogP contribution in [0.25, 0.3) is 0 Å². The predicted octanol–water partition coefficient (Wildman–Crippen LogP) is 1.23. The van der Waals surface area contributed by atoms with Gasteiger partial charge in [-0.2, -0.15) is 0 Å². The van der Waals surface area contributed by atoms with Gasteiger partial charge in [0.15, 0.2) is 0 Å². The highest BCUT2D eigenvalue weighted by molar-refractivity contribution is 5.10. The third kappa shape index (κ3) is 1.10. The molecule has 2 aliphatic carbocycles. The van der Waals surface area contributed by atoms with Gasteiger partial charge in [0.1, 0.15) is 0 Å². The molecule has 0 heterocycles. The molecule has 0 aromatic carbocycles. The Morgan fingerprint density at radius 1 is 1.33 bits per heavy atom. The molecule has 3 unspecified atom stereocenters. The van der Waals surface area contributed by atoms with Crippen molar-refractivity contribution in [3.63, 3.8) is 0 Å². The minimum absolute atomic E-state index is 0.204. The third-order valence-electron chi connectivity index (χ3n) is 3.29. The number of aliphatic hydroxyl groups is 2. The second-order valence-corrected chi connectivity index (χ2v) is 4.02. The fraction of sp³-hybridized carbons (Fsp3) is 0.800. The molecule has 1 saturated carbocycles.